The highest BCUT2D eigenvalue weighted by Crippen LogP contribution is 2.32. The first kappa shape index (κ1) is 81.9. The molecule has 0 spiro atoms. The van der Waals surface area contributed by atoms with Crippen molar-refractivity contribution in [2.24, 2.45) is 0 Å². The first-order chi connectivity index (χ1) is 49.0. The van der Waals surface area contributed by atoms with Gasteiger partial charge in [-0.15, -0.1) is 10.2 Å². The summed E-state index contributed by atoms with van der Waals surface area (Å²) >= 11 is 0. The van der Waals surface area contributed by atoms with Crippen molar-refractivity contribution in [2.45, 2.75) is 223 Å². The van der Waals surface area contributed by atoms with Crippen molar-refractivity contribution in [3.63, 3.8) is 0 Å². The number of aromatic nitrogens is 6. The van der Waals surface area contributed by atoms with Gasteiger partial charge in [-0.2, -0.15) is 0 Å². The van der Waals surface area contributed by atoms with Gasteiger partial charge in [0.1, 0.15) is 146 Å². The summed E-state index contributed by atoms with van der Waals surface area (Å²) in [6.07, 6.45) is -44.4. The Morgan fingerprint density at radius 2 is 0.696 bits per heavy atom. The SMILES string of the molecule is O=C(CCc1cn(CCOCCOCCO[C@@H]2O[C@H](CO)[C@H](O)[C@H](O)[C@H]2O)nn1)N[C@H]1[C@@H]2OC[C@H]3O[C@@H](OC[C@H]4O[C@@H](OC[C@H]5O[C@@H](OC[C@@H](O2)[C@@H](O)[C@@H]1O)[C@H](O)[C@@H](O)[C@@H]5O)[C@H](NC(=O)CCc1cn(CCOCCOCCO[C@@H]2O[C@H](CO)[C@H](O)[C@H](O)[C@H]2O)nn1)[C@@H](O)[C@@H]4O)[C@H](O)[C@@H](O)[C@@H]3O. The van der Waals surface area contributed by atoms with Crippen LogP contribution in [0.2, 0.25) is 0 Å². The summed E-state index contributed by atoms with van der Waals surface area (Å²) in [5.74, 6) is -1.43. The van der Waals surface area contributed by atoms with Crippen molar-refractivity contribution < 1.29 is 177 Å². The predicted octanol–water partition coefficient (Wildman–Crippen LogP) is -14.3. The maximum absolute atomic E-state index is 13.6. The Labute approximate surface area is 580 Å². The molecule has 9 heterocycles. The van der Waals surface area contributed by atoms with Gasteiger partial charge in [-0.3, -0.25) is 9.59 Å². The van der Waals surface area contributed by atoms with Crippen LogP contribution in [0.3, 0.4) is 0 Å². The number of amides is 2. The summed E-state index contributed by atoms with van der Waals surface area (Å²) in [6, 6.07) is -3.18. The molecule has 7 saturated heterocycles. The number of aliphatic hydroxyl groups is 18. The van der Waals surface area contributed by atoms with Crippen LogP contribution < -0.4 is 10.6 Å². The van der Waals surface area contributed by atoms with E-state index in [2.05, 4.69) is 31.3 Å². The highest BCUT2D eigenvalue weighted by molar-refractivity contribution is 5.77. The molecule has 2 aromatic rings. The maximum Gasteiger partial charge on any atom is 0.220 e. The Hall–Kier alpha value is -4.14. The molecule has 0 unspecified atom stereocenters. The Morgan fingerprint density at radius 3 is 1.06 bits per heavy atom. The van der Waals surface area contributed by atoms with Gasteiger partial charge in [0.15, 0.2) is 37.7 Å². The monoisotopic (exact) mass is 1480 g/mol. The summed E-state index contributed by atoms with van der Waals surface area (Å²) in [4.78, 5) is 27.2. The number of nitrogens with one attached hydrogen (secondary N) is 2. The van der Waals surface area contributed by atoms with Crippen LogP contribution >= 0.6 is 0 Å². The molecule has 0 radical (unpaired) electrons. The van der Waals surface area contributed by atoms with E-state index in [0.717, 1.165) is 0 Å². The van der Waals surface area contributed by atoms with Gasteiger partial charge in [0.2, 0.25) is 11.8 Å². The van der Waals surface area contributed by atoms with Crippen LogP contribution in [0, 0.1) is 0 Å². The van der Waals surface area contributed by atoms with Gasteiger partial charge < -0.3 is 178 Å². The standard InChI is InChI=1S/C58H96N8O36/c67-19-27-37(71)45(79)49(83)55(97-27)91-15-13-89-11-9-87-7-5-65-17-25(61-63-65)1-3-33(69)59-35-43(77)39(73)29-23-95-57-52(86)48(82)42(76)32(102-57)22-94-54-36(44(78)40(74)30(100-54)24-96-58-51(85)47(81)41(75)31(101-58)21-93-53(35)99-29)60-34(70)4-2-26-18-66(64-62-26)6-8-88-10-12-90-14-16-92-56-50(84)46(80)38(72)28(20-68)98-56/h17-18,27-32,35-58,67-68,71-86H,1-16,19-24H2,(H,59,69)(H,60,70)/t27-,28-,29-,30-,31-,32-,35-,36-,37+,38+,39-,40-,41-,42-,43-,44-,45+,46+,47+,48+,49-,50-,51-,52-,53-,54-,55-,56-,57-,58-/m1/s1. The molecule has 7 aliphatic heterocycles. The van der Waals surface area contributed by atoms with E-state index in [1.165, 1.54) is 9.36 Å². The lowest BCUT2D eigenvalue weighted by Gasteiger charge is -2.46. The third-order valence-corrected chi connectivity index (χ3v) is 17.9. The largest absolute Gasteiger partial charge is 0.394 e. The number of nitrogens with zero attached hydrogens (tertiary/aromatic N) is 6. The Balaban J connectivity index is 0.746. The number of rotatable bonds is 30. The molecule has 584 valence electrons. The average Bonchev–Trinajstić information content (AvgIpc) is 0.852. The van der Waals surface area contributed by atoms with Gasteiger partial charge in [0.25, 0.3) is 0 Å². The van der Waals surface area contributed by atoms with E-state index in [0.29, 0.717) is 11.4 Å². The Kier molecular flexibility index (Phi) is 31.8. The fourth-order valence-electron chi connectivity index (χ4n) is 11.8. The fraction of sp³-hybridized carbons (Fsp3) is 0.897. The minimum Gasteiger partial charge on any atom is -0.394 e. The molecule has 7 fully saturated rings. The van der Waals surface area contributed by atoms with E-state index in [-0.39, 0.29) is 105 Å². The second kappa shape index (κ2) is 39.6. The first-order valence-electron chi connectivity index (χ1n) is 33.4. The van der Waals surface area contributed by atoms with Crippen LogP contribution in [0.5, 0.6) is 0 Å². The summed E-state index contributed by atoms with van der Waals surface area (Å²) in [7, 11) is 0. The molecule has 7 aliphatic rings. The molecule has 0 saturated carbocycles. The summed E-state index contributed by atoms with van der Waals surface area (Å²) in [6.45, 7) is -2.71. The molecule has 44 heteroatoms. The number of carbonyl (C=O) groups is 2. The van der Waals surface area contributed by atoms with Crippen molar-refractivity contribution in [3.8, 4) is 0 Å². The van der Waals surface area contributed by atoms with Crippen molar-refractivity contribution in [2.75, 3.05) is 106 Å². The predicted molar refractivity (Wildman–Crippen MR) is 322 cm³/mol. The number of carbonyl (C=O) groups excluding carboxylic acids is 2. The lowest BCUT2D eigenvalue weighted by molar-refractivity contribution is -0.346. The molecule has 0 aliphatic carbocycles. The zero-order chi connectivity index (χ0) is 73.3. The second-order valence-electron chi connectivity index (χ2n) is 25.1. The molecule has 102 heavy (non-hydrogen) atoms. The summed E-state index contributed by atoms with van der Waals surface area (Å²) in [5.41, 5.74) is 0.743. The molecule has 20 N–H and O–H groups in total. The van der Waals surface area contributed by atoms with E-state index in [1.54, 1.807) is 12.4 Å². The van der Waals surface area contributed by atoms with Gasteiger partial charge in [-0.05, 0) is 0 Å². The number of aryl methyl sites for hydroxylation is 2. The van der Waals surface area contributed by atoms with Crippen LogP contribution in [-0.2, 0) is 111 Å². The Morgan fingerprint density at radius 1 is 0.382 bits per heavy atom. The first-order valence-corrected chi connectivity index (χ1v) is 33.4. The van der Waals surface area contributed by atoms with Crippen LogP contribution in [0.15, 0.2) is 12.4 Å². The average molecular weight is 1480 g/mol. The zero-order valence-corrected chi connectivity index (χ0v) is 55.1. The molecule has 9 rings (SSSR count). The minimum absolute atomic E-state index is 0.0129. The molecule has 8 bridgehead atoms. The topological polar surface area (TPSA) is 631 Å². The van der Waals surface area contributed by atoms with Crippen LogP contribution in [0.1, 0.15) is 24.2 Å². The third-order valence-electron chi connectivity index (χ3n) is 17.9. The lowest BCUT2D eigenvalue weighted by atomic mass is 9.95. The van der Waals surface area contributed by atoms with E-state index in [1.807, 2.05) is 0 Å². The molecule has 2 aromatic heterocycles. The van der Waals surface area contributed by atoms with E-state index in [4.69, 9.17) is 75.8 Å². The highest BCUT2D eigenvalue weighted by Gasteiger charge is 2.53. The fourth-order valence-corrected chi connectivity index (χ4v) is 11.8. The number of hydrogen-bond donors (Lipinski definition) is 20. The number of hydrogen-bond acceptors (Lipinski definition) is 40. The van der Waals surface area contributed by atoms with E-state index >= 15 is 0 Å². The molecular formula is C58H96N8O36. The van der Waals surface area contributed by atoms with Gasteiger partial charge in [-0.25, -0.2) is 9.36 Å². The molecule has 44 nitrogen and oxygen atoms in total. The van der Waals surface area contributed by atoms with Gasteiger partial charge in [0, 0.05) is 38.1 Å². The molecule has 0 aromatic carbocycles. The molecule has 30 atom stereocenters. The smallest absolute Gasteiger partial charge is 0.220 e. The summed E-state index contributed by atoms with van der Waals surface area (Å²) in [5, 5.41) is 213. The highest BCUT2D eigenvalue weighted by atomic mass is 16.8. The number of fused-ring (bicyclic) bond motifs is 8. The quantitative estimate of drug-likeness (QED) is 0.0323. The van der Waals surface area contributed by atoms with Crippen LogP contribution in [0.4, 0.5) is 0 Å². The maximum atomic E-state index is 13.6. The van der Waals surface area contributed by atoms with Crippen molar-refractivity contribution in [3.05, 3.63) is 23.8 Å². The third kappa shape index (κ3) is 21.6. The molecule has 2 amide bonds. The van der Waals surface area contributed by atoms with Crippen LogP contribution in [-0.4, -0.2) is 424 Å². The van der Waals surface area contributed by atoms with Gasteiger partial charge in [-0.1, -0.05) is 10.4 Å². The Bertz CT molecular complexity index is 2610. The normalized spacial score (nSPS) is 40.1. The molecular weight excluding hydrogens is 1380 g/mol. The van der Waals surface area contributed by atoms with Crippen LogP contribution in [0.25, 0.3) is 0 Å². The zero-order valence-electron chi connectivity index (χ0n) is 55.1. The second-order valence-corrected chi connectivity index (χ2v) is 25.1. The summed E-state index contributed by atoms with van der Waals surface area (Å²) < 4.78 is 93.7. The number of aliphatic hydroxyl groups excluding tert-OH is 18. The number of ether oxygens (including phenoxy) is 16. The van der Waals surface area contributed by atoms with Gasteiger partial charge >= 0.3 is 0 Å². The van der Waals surface area contributed by atoms with Crippen molar-refractivity contribution in [1.29, 1.82) is 0 Å². The van der Waals surface area contributed by atoms with Crippen molar-refractivity contribution >= 4 is 11.8 Å². The van der Waals surface area contributed by atoms with Crippen molar-refractivity contribution in [1.82, 2.24) is 40.6 Å². The van der Waals surface area contributed by atoms with E-state index in [9.17, 15) is 102 Å². The lowest BCUT2D eigenvalue weighted by Crippen LogP contribution is -2.67. The van der Waals surface area contributed by atoms with Gasteiger partial charge in [0.05, 0.1) is 130 Å². The van der Waals surface area contributed by atoms with E-state index < -0.39 is 236 Å². The minimum atomic E-state index is -1.99.